The first-order valence-corrected chi connectivity index (χ1v) is 6.14. The Hall–Kier alpha value is -0.530. The summed E-state index contributed by atoms with van der Waals surface area (Å²) in [7, 11) is 0. The van der Waals surface area contributed by atoms with Gasteiger partial charge in [0.25, 0.3) is 0 Å². The molecular formula is C13H26N2. The second kappa shape index (κ2) is 4.54. The van der Waals surface area contributed by atoms with Crippen molar-refractivity contribution in [3.8, 4) is 0 Å². The van der Waals surface area contributed by atoms with Crippen molar-refractivity contribution in [1.82, 2.24) is 0 Å². The van der Waals surface area contributed by atoms with Crippen LogP contribution in [0, 0.1) is 17.3 Å². The molecule has 1 fully saturated rings. The van der Waals surface area contributed by atoms with Crippen molar-refractivity contribution in [3.05, 3.63) is 0 Å². The molecule has 3 atom stereocenters. The van der Waals surface area contributed by atoms with E-state index in [-0.39, 0.29) is 5.41 Å². The molecule has 2 N–H and O–H groups in total. The lowest BCUT2D eigenvalue weighted by molar-refractivity contribution is 0.251. The summed E-state index contributed by atoms with van der Waals surface area (Å²) >= 11 is 0. The van der Waals surface area contributed by atoms with Gasteiger partial charge in [-0.3, -0.25) is 4.99 Å². The third-order valence-electron chi connectivity index (χ3n) is 3.66. The van der Waals surface area contributed by atoms with E-state index in [4.69, 9.17) is 5.73 Å². The molecule has 0 radical (unpaired) electrons. The fourth-order valence-electron chi connectivity index (χ4n) is 2.03. The first kappa shape index (κ1) is 12.5. The quantitative estimate of drug-likeness (QED) is 0.524. The zero-order chi connectivity index (χ0) is 11.6. The lowest BCUT2D eigenvalue weighted by atomic mass is 9.79. The minimum Gasteiger partial charge on any atom is -0.387 e. The van der Waals surface area contributed by atoms with Crippen molar-refractivity contribution in [2.75, 3.05) is 0 Å². The maximum absolute atomic E-state index is 6.01. The van der Waals surface area contributed by atoms with Crippen molar-refractivity contribution in [1.29, 1.82) is 0 Å². The van der Waals surface area contributed by atoms with Crippen LogP contribution in [0.1, 0.15) is 53.9 Å². The smallest absolute Gasteiger partial charge is 0.0994 e. The van der Waals surface area contributed by atoms with Gasteiger partial charge in [-0.05, 0) is 31.1 Å². The van der Waals surface area contributed by atoms with Crippen LogP contribution >= 0.6 is 0 Å². The molecule has 0 bridgehead atoms. The molecule has 0 aliphatic heterocycles. The summed E-state index contributed by atoms with van der Waals surface area (Å²) < 4.78 is 0. The summed E-state index contributed by atoms with van der Waals surface area (Å²) in [5.41, 5.74) is 6.03. The Labute approximate surface area is 94.3 Å². The number of amidine groups is 1. The van der Waals surface area contributed by atoms with E-state index >= 15 is 0 Å². The molecule has 1 rings (SSSR count). The van der Waals surface area contributed by atoms with Crippen molar-refractivity contribution >= 4 is 5.84 Å². The molecule has 88 valence electrons. The van der Waals surface area contributed by atoms with Gasteiger partial charge in [0.1, 0.15) is 0 Å². The number of hydrogen-bond donors (Lipinski definition) is 1. The lowest BCUT2D eigenvalue weighted by Gasteiger charge is -2.31. The molecule has 0 aromatic heterocycles. The minimum atomic E-state index is 0.0201. The second-order valence-corrected chi connectivity index (χ2v) is 6.19. The van der Waals surface area contributed by atoms with Gasteiger partial charge in [-0.15, -0.1) is 0 Å². The normalized spacial score (nSPS) is 34.2. The van der Waals surface area contributed by atoms with Crippen LogP contribution in [-0.2, 0) is 0 Å². The van der Waals surface area contributed by atoms with Gasteiger partial charge in [0.2, 0.25) is 0 Å². The number of nitrogens with two attached hydrogens (primary N) is 1. The van der Waals surface area contributed by atoms with Gasteiger partial charge in [0, 0.05) is 5.41 Å². The fraction of sp³-hybridized carbons (Fsp3) is 0.923. The van der Waals surface area contributed by atoms with E-state index in [2.05, 4.69) is 39.6 Å². The summed E-state index contributed by atoms with van der Waals surface area (Å²) in [5, 5.41) is 0. The molecule has 0 heterocycles. The summed E-state index contributed by atoms with van der Waals surface area (Å²) in [6, 6.07) is 0.468. The highest BCUT2D eigenvalue weighted by Gasteiger charge is 2.25. The molecule has 0 saturated heterocycles. The number of nitrogens with zero attached hydrogens (tertiary/aromatic N) is 1. The molecule has 0 aromatic carbocycles. The average Bonchev–Trinajstić information content (AvgIpc) is 2.10. The molecule has 3 unspecified atom stereocenters. The Morgan fingerprint density at radius 1 is 1.13 bits per heavy atom. The Bertz CT molecular complexity index is 237. The van der Waals surface area contributed by atoms with Gasteiger partial charge in [-0.25, -0.2) is 0 Å². The molecule has 1 saturated carbocycles. The summed E-state index contributed by atoms with van der Waals surface area (Å²) in [5.74, 6) is 2.46. The van der Waals surface area contributed by atoms with Crippen molar-refractivity contribution in [2.45, 2.75) is 59.9 Å². The molecule has 2 heteroatoms. The topological polar surface area (TPSA) is 38.4 Å². The summed E-state index contributed by atoms with van der Waals surface area (Å²) in [6.45, 7) is 11.1. The Morgan fingerprint density at radius 2 is 1.73 bits per heavy atom. The van der Waals surface area contributed by atoms with Crippen LogP contribution < -0.4 is 5.73 Å². The highest BCUT2D eigenvalue weighted by molar-refractivity contribution is 5.85. The van der Waals surface area contributed by atoms with E-state index in [1.54, 1.807) is 0 Å². The van der Waals surface area contributed by atoms with Crippen LogP contribution in [0.5, 0.6) is 0 Å². The van der Waals surface area contributed by atoms with Gasteiger partial charge >= 0.3 is 0 Å². The van der Waals surface area contributed by atoms with Crippen LogP contribution in [0.3, 0.4) is 0 Å². The molecule has 0 amide bonds. The van der Waals surface area contributed by atoms with Gasteiger partial charge in [0.05, 0.1) is 11.9 Å². The first-order chi connectivity index (χ1) is 6.80. The largest absolute Gasteiger partial charge is 0.387 e. The monoisotopic (exact) mass is 210 g/mol. The van der Waals surface area contributed by atoms with Gasteiger partial charge in [-0.2, -0.15) is 0 Å². The maximum atomic E-state index is 6.01. The zero-order valence-corrected chi connectivity index (χ0v) is 10.9. The van der Waals surface area contributed by atoms with Gasteiger partial charge < -0.3 is 5.73 Å². The van der Waals surface area contributed by atoms with E-state index in [0.717, 1.165) is 17.7 Å². The third-order valence-corrected chi connectivity index (χ3v) is 3.66. The highest BCUT2D eigenvalue weighted by atomic mass is 14.9. The zero-order valence-electron chi connectivity index (χ0n) is 10.9. The highest BCUT2D eigenvalue weighted by Crippen LogP contribution is 2.31. The lowest BCUT2D eigenvalue weighted by Crippen LogP contribution is -2.32. The average molecular weight is 210 g/mol. The predicted octanol–water partition coefficient (Wildman–Crippen LogP) is 3.21. The second-order valence-electron chi connectivity index (χ2n) is 6.19. The van der Waals surface area contributed by atoms with E-state index in [1.807, 2.05) is 0 Å². The minimum absolute atomic E-state index is 0.0201. The molecule has 0 aromatic rings. The number of rotatable bonds is 1. The molecule has 15 heavy (non-hydrogen) atoms. The molecule has 1 aliphatic carbocycles. The third kappa shape index (κ3) is 3.51. The van der Waals surface area contributed by atoms with Gasteiger partial charge in [-0.1, -0.05) is 34.6 Å². The standard InChI is InChI=1S/C13H26N2/c1-9-6-7-11(8-10(9)2)15-12(14)13(3,4)5/h9-11H,6-8H2,1-5H3,(H2,14,15). The van der Waals surface area contributed by atoms with Gasteiger partial charge in [0.15, 0.2) is 0 Å². The van der Waals surface area contributed by atoms with E-state index in [1.165, 1.54) is 19.3 Å². The predicted molar refractivity (Wildman–Crippen MR) is 67.0 cm³/mol. The van der Waals surface area contributed by atoms with E-state index in [0.29, 0.717) is 6.04 Å². The van der Waals surface area contributed by atoms with Crippen LogP contribution in [0.2, 0.25) is 0 Å². The summed E-state index contributed by atoms with van der Waals surface area (Å²) in [6.07, 6.45) is 3.72. The van der Waals surface area contributed by atoms with E-state index in [9.17, 15) is 0 Å². The SMILES string of the molecule is CC1CCC(N=C(N)C(C)(C)C)CC1C. The molecular weight excluding hydrogens is 184 g/mol. The van der Waals surface area contributed by atoms with Crippen molar-refractivity contribution in [3.63, 3.8) is 0 Å². The fourth-order valence-corrected chi connectivity index (χ4v) is 2.03. The Balaban J connectivity index is 2.60. The first-order valence-electron chi connectivity index (χ1n) is 6.14. The Morgan fingerprint density at radius 3 is 2.20 bits per heavy atom. The van der Waals surface area contributed by atoms with Crippen molar-refractivity contribution in [2.24, 2.45) is 28.0 Å². The summed E-state index contributed by atoms with van der Waals surface area (Å²) in [4.78, 5) is 4.69. The molecule has 1 aliphatic rings. The van der Waals surface area contributed by atoms with E-state index < -0.39 is 0 Å². The maximum Gasteiger partial charge on any atom is 0.0994 e. The number of aliphatic imine (C=N–C) groups is 1. The van der Waals surface area contributed by atoms with Crippen LogP contribution in [-0.4, -0.2) is 11.9 Å². The van der Waals surface area contributed by atoms with Crippen LogP contribution in [0.4, 0.5) is 0 Å². The van der Waals surface area contributed by atoms with Crippen molar-refractivity contribution < 1.29 is 0 Å². The molecule has 2 nitrogen and oxygen atoms in total. The Kier molecular flexibility index (Phi) is 3.80. The number of hydrogen-bond acceptors (Lipinski definition) is 1. The van der Waals surface area contributed by atoms with Crippen LogP contribution in [0.25, 0.3) is 0 Å². The molecule has 0 spiro atoms. The van der Waals surface area contributed by atoms with Crippen LogP contribution in [0.15, 0.2) is 4.99 Å².